The zero-order chi connectivity index (χ0) is 19.4. The van der Waals surface area contributed by atoms with Gasteiger partial charge in [-0.2, -0.15) is 0 Å². The van der Waals surface area contributed by atoms with Crippen molar-refractivity contribution in [1.29, 1.82) is 0 Å². The Morgan fingerprint density at radius 2 is 1.93 bits per heavy atom. The predicted octanol–water partition coefficient (Wildman–Crippen LogP) is 1.85. The molecule has 7 nitrogen and oxygen atoms in total. The maximum Gasteiger partial charge on any atom is 0.309 e. The van der Waals surface area contributed by atoms with E-state index in [0.717, 1.165) is 5.69 Å². The molecule has 7 heteroatoms. The number of ether oxygens (including phenoxy) is 2. The standard InChI is InChI=1S/C20H26N2O5/c1-3-27-20(25)14-7-9-21(10-8-14)19(24)15-11-18(23)22(13-15)16-5-4-6-17(12-16)26-2/h4-6,12,14-15H,3,7-11,13H2,1-2H3. The van der Waals surface area contributed by atoms with Crippen LogP contribution in [0.4, 0.5) is 5.69 Å². The van der Waals surface area contributed by atoms with Crippen LogP contribution in [0.2, 0.25) is 0 Å². The molecule has 0 aliphatic carbocycles. The summed E-state index contributed by atoms with van der Waals surface area (Å²) in [5.41, 5.74) is 0.746. The lowest BCUT2D eigenvalue weighted by Crippen LogP contribution is -2.44. The van der Waals surface area contributed by atoms with Gasteiger partial charge in [-0.05, 0) is 31.9 Å². The van der Waals surface area contributed by atoms with Crippen LogP contribution in [0, 0.1) is 11.8 Å². The van der Waals surface area contributed by atoms with Crippen LogP contribution >= 0.6 is 0 Å². The monoisotopic (exact) mass is 374 g/mol. The van der Waals surface area contributed by atoms with E-state index in [1.165, 1.54) is 0 Å². The number of methoxy groups -OCH3 is 1. The molecule has 3 rings (SSSR count). The summed E-state index contributed by atoms with van der Waals surface area (Å²) in [5, 5.41) is 0. The highest BCUT2D eigenvalue weighted by molar-refractivity contribution is 6.00. The first kappa shape index (κ1) is 19.2. The molecular formula is C20H26N2O5. The Balaban J connectivity index is 1.59. The fourth-order valence-electron chi connectivity index (χ4n) is 3.75. The molecule has 2 amide bonds. The van der Waals surface area contributed by atoms with Crippen molar-refractivity contribution in [1.82, 2.24) is 4.90 Å². The highest BCUT2D eigenvalue weighted by Crippen LogP contribution is 2.30. The van der Waals surface area contributed by atoms with E-state index in [4.69, 9.17) is 9.47 Å². The zero-order valence-corrected chi connectivity index (χ0v) is 15.8. The van der Waals surface area contributed by atoms with Crippen molar-refractivity contribution >= 4 is 23.5 Å². The van der Waals surface area contributed by atoms with E-state index >= 15 is 0 Å². The lowest BCUT2D eigenvalue weighted by Gasteiger charge is -2.32. The normalized spacial score (nSPS) is 20.7. The van der Waals surface area contributed by atoms with Crippen molar-refractivity contribution < 1.29 is 23.9 Å². The first-order chi connectivity index (χ1) is 13.0. The quantitative estimate of drug-likeness (QED) is 0.735. The molecule has 1 atom stereocenters. The summed E-state index contributed by atoms with van der Waals surface area (Å²) in [6.07, 6.45) is 1.45. The molecule has 0 radical (unpaired) electrons. The summed E-state index contributed by atoms with van der Waals surface area (Å²) in [7, 11) is 1.58. The van der Waals surface area contributed by atoms with Crippen molar-refractivity contribution in [3.63, 3.8) is 0 Å². The van der Waals surface area contributed by atoms with E-state index in [-0.39, 0.29) is 36.0 Å². The van der Waals surface area contributed by atoms with E-state index < -0.39 is 0 Å². The highest BCUT2D eigenvalue weighted by atomic mass is 16.5. The molecule has 0 N–H and O–H groups in total. The van der Waals surface area contributed by atoms with Crippen LogP contribution in [0.3, 0.4) is 0 Å². The zero-order valence-electron chi connectivity index (χ0n) is 15.8. The van der Waals surface area contributed by atoms with Crippen molar-refractivity contribution in [2.24, 2.45) is 11.8 Å². The summed E-state index contributed by atoms with van der Waals surface area (Å²) in [5.74, 6) is -0.0321. The van der Waals surface area contributed by atoms with Gasteiger partial charge in [0.25, 0.3) is 0 Å². The Bertz CT molecular complexity index is 712. The Morgan fingerprint density at radius 3 is 2.59 bits per heavy atom. The lowest BCUT2D eigenvalue weighted by atomic mass is 9.95. The molecule has 0 saturated carbocycles. The van der Waals surface area contributed by atoms with Crippen molar-refractivity contribution in [2.45, 2.75) is 26.2 Å². The van der Waals surface area contributed by atoms with E-state index in [2.05, 4.69) is 0 Å². The summed E-state index contributed by atoms with van der Waals surface area (Å²) in [4.78, 5) is 40.6. The van der Waals surface area contributed by atoms with Crippen LogP contribution in [0.1, 0.15) is 26.2 Å². The molecule has 2 aliphatic rings. The molecule has 1 aromatic rings. The van der Waals surface area contributed by atoms with Crippen LogP contribution in [0.5, 0.6) is 5.75 Å². The minimum Gasteiger partial charge on any atom is -0.497 e. The van der Waals surface area contributed by atoms with Crippen LogP contribution in [-0.2, 0) is 19.1 Å². The SMILES string of the molecule is CCOC(=O)C1CCN(C(=O)C2CC(=O)N(c3cccc(OC)c3)C2)CC1. The number of amides is 2. The molecule has 2 aliphatic heterocycles. The first-order valence-electron chi connectivity index (χ1n) is 9.43. The maximum atomic E-state index is 12.9. The Kier molecular flexibility index (Phi) is 5.98. The van der Waals surface area contributed by atoms with Gasteiger partial charge in [0.05, 0.1) is 25.6 Å². The van der Waals surface area contributed by atoms with E-state index in [0.29, 0.717) is 44.8 Å². The molecule has 0 bridgehead atoms. The smallest absolute Gasteiger partial charge is 0.309 e. The molecular weight excluding hydrogens is 348 g/mol. The number of hydrogen-bond acceptors (Lipinski definition) is 5. The molecule has 2 saturated heterocycles. The number of anilines is 1. The van der Waals surface area contributed by atoms with Crippen molar-refractivity contribution in [3.8, 4) is 5.75 Å². The Labute approximate surface area is 159 Å². The van der Waals surface area contributed by atoms with Gasteiger partial charge in [-0.3, -0.25) is 14.4 Å². The molecule has 2 fully saturated rings. The van der Waals surface area contributed by atoms with Gasteiger partial charge in [-0.15, -0.1) is 0 Å². The second kappa shape index (κ2) is 8.41. The van der Waals surface area contributed by atoms with Crippen molar-refractivity contribution in [3.05, 3.63) is 24.3 Å². The Morgan fingerprint density at radius 1 is 1.19 bits per heavy atom. The number of hydrogen-bond donors (Lipinski definition) is 0. The number of esters is 1. The van der Waals surface area contributed by atoms with Crippen LogP contribution in [-0.4, -0.2) is 56.0 Å². The second-order valence-electron chi connectivity index (χ2n) is 6.96. The summed E-state index contributed by atoms with van der Waals surface area (Å²) in [6, 6.07) is 7.30. The molecule has 146 valence electrons. The topological polar surface area (TPSA) is 76.2 Å². The van der Waals surface area contributed by atoms with E-state index in [9.17, 15) is 14.4 Å². The average molecular weight is 374 g/mol. The van der Waals surface area contributed by atoms with Gasteiger partial charge in [0, 0.05) is 37.8 Å². The molecule has 27 heavy (non-hydrogen) atoms. The van der Waals surface area contributed by atoms with Gasteiger partial charge in [0.15, 0.2) is 0 Å². The number of benzene rings is 1. The largest absolute Gasteiger partial charge is 0.497 e. The van der Waals surface area contributed by atoms with Gasteiger partial charge in [0.1, 0.15) is 5.75 Å². The number of carbonyl (C=O) groups excluding carboxylic acids is 3. The van der Waals surface area contributed by atoms with Crippen LogP contribution < -0.4 is 9.64 Å². The lowest BCUT2D eigenvalue weighted by molar-refractivity contribution is -0.151. The average Bonchev–Trinajstić information content (AvgIpc) is 3.09. The Hall–Kier alpha value is -2.57. The number of rotatable bonds is 5. The molecule has 0 spiro atoms. The van der Waals surface area contributed by atoms with Gasteiger partial charge >= 0.3 is 5.97 Å². The van der Waals surface area contributed by atoms with Crippen molar-refractivity contribution in [2.75, 3.05) is 38.3 Å². The summed E-state index contributed by atoms with van der Waals surface area (Å²) < 4.78 is 10.3. The molecule has 2 heterocycles. The van der Waals surface area contributed by atoms with E-state index in [1.807, 2.05) is 18.2 Å². The number of piperidine rings is 1. The molecule has 1 unspecified atom stereocenters. The predicted molar refractivity (Wildman–Crippen MR) is 99.4 cm³/mol. The van der Waals surface area contributed by atoms with Gasteiger partial charge < -0.3 is 19.3 Å². The van der Waals surface area contributed by atoms with Crippen LogP contribution in [0.15, 0.2) is 24.3 Å². The second-order valence-corrected chi connectivity index (χ2v) is 6.96. The van der Waals surface area contributed by atoms with Gasteiger partial charge in [-0.25, -0.2) is 0 Å². The minimum atomic E-state index is -0.345. The highest BCUT2D eigenvalue weighted by Gasteiger charge is 2.38. The third-order valence-electron chi connectivity index (χ3n) is 5.27. The van der Waals surface area contributed by atoms with E-state index in [1.54, 1.807) is 29.9 Å². The summed E-state index contributed by atoms with van der Waals surface area (Å²) >= 11 is 0. The number of likely N-dealkylation sites (tertiary alicyclic amines) is 1. The fourth-order valence-corrected chi connectivity index (χ4v) is 3.75. The third kappa shape index (κ3) is 4.23. The van der Waals surface area contributed by atoms with Crippen LogP contribution in [0.25, 0.3) is 0 Å². The minimum absolute atomic E-state index is 0.00365. The van der Waals surface area contributed by atoms with Gasteiger partial charge in [-0.1, -0.05) is 6.07 Å². The molecule has 0 aromatic heterocycles. The van der Waals surface area contributed by atoms with Gasteiger partial charge in [0.2, 0.25) is 11.8 Å². The fraction of sp³-hybridized carbons (Fsp3) is 0.550. The first-order valence-corrected chi connectivity index (χ1v) is 9.43. The number of carbonyl (C=O) groups is 3. The number of nitrogens with zero attached hydrogens (tertiary/aromatic N) is 2. The maximum absolute atomic E-state index is 12.9. The molecule has 1 aromatic carbocycles. The third-order valence-corrected chi connectivity index (χ3v) is 5.27. The summed E-state index contributed by atoms with van der Waals surface area (Å²) in [6.45, 7) is 3.62.